The Morgan fingerprint density at radius 2 is 2.30 bits per heavy atom. The minimum atomic E-state index is -1.46. The van der Waals surface area contributed by atoms with Gasteiger partial charge in [-0.15, -0.1) is 0 Å². The Morgan fingerprint density at radius 1 is 1.55 bits per heavy atom. The number of nitro groups is 1. The maximum atomic E-state index is 10.9. The van der Waals surface area contributed by atoms with E-state index in [-0.39, 0.29) is 6.54 Å². The third-order valence-corrected chi connectivity index (χ3v) is 2.54. The molecule has 0 aliphatic rings. The van der Waals surface area contributed by atoms with Crippen LogP contribution in [0.2, 0.25) is 0 Å². The van der Waals surface area contributed by atoms with Gasteiger partial charge < -0.3 is 5.11 Å². The van der Waals surface area contributed by atoms with Crippen molar-refractivity contribution in [1.82, 2.24) is 9.78 Å². The molecule has 0 aliphatic heterocycles. The molecule has 0 amide bonds. The number of benzene rings is 1. The number of carbonyl (C=O) groups is 1. The van der Waals surface area contributed by atoms with E-state index in [1.807, 2.05) is 6.07 Å². The van der Waals surface area contributed by atoms with Gasteiger partial charge in [-0.25, -0.2) is 4.79 Å². The van der Waals surface area contributed by atoms with Crippen molar-refractivity contribution in [2.24, 2.45) is 0 Å². The maximum Gasteiger partial charge on any atom is 0.363 e. The zero-order valence-electron chi connectivity index (χ0n) is 10.1. The molecule has 20 heavy (non-hydrogen) atoms. The summed E-state index contributed by atoms with van der Waals surface area (Å²) in [5.74, 6) is -1.46. The molecular weight excluding hydrogens is 264 g/mol. The van der Waals surface area contributed by atoms with Gasteiger partial charge in [0, 0.05) is 0 Å². The maximum absolute atomic E-state index is 10.9. The Bertz CT molecular complexity index is 698. The van der Waals surface area contributed by atoms with Gasteiger partial charge in [0.2, 0.25) is 5.69 Å². The second kappa shape index (κ2) is 5.19. The average Bonchev–Trinajstić information content (AvgIpc) is 2.83. The fourth-order valence-electron chi connectivity index (χ4n) is 1.70. The van der Waals surface area contributed by atoms with Crippen LogP contribution in [0.4, 0.5) is 5.69 Å². The van der Waals surface area contributed by atoms with Crippen molar-refractivity contribution < 1.29 is 14.8 Å². The molecule has 8 nitrogen and oxygen atoms in total. The van der Waals surface area contributed by atoms with E-state index in [1.54, 1.807) is 24.3 Å². The van der Waals surface area contributed by atoms with Crippen LogP contribution in [0.5, 0.6) is 0 Å². The van der Waals surface area contributed by atoms with Gasteiger partial charge in [-0.1, -0.05) is 12.1 Å². The first-order valence-corrected chi connectivity index (χ1v) is 5.45. The highest BCUT2D eigenvalue weighted by Gasteiger charge is 2.25. The van der Waals surface area contributed by atoms with Crippen LogP contribution in [-0.2, 0) is 6.54 Å². The Morgan fingerprint density at radius 3 is 2.85 bits per heavy atom. The Labute approximate surface area is 112 Å². The van der Waals surface area contributed by atoms with E-state index in [9.17, 15) is 14.9 Å². The summed E-state index contributed by atoms with van der Waals surface area (Å²) in [5.41, 5.74) is -0.0265. The molecule has 0 bridgehead atoms. The number of aromatic carboxylic acids is 1. The van der Waals surface area contributed by atoms with Crippen LogP contribution in [0.1, 0.15) is 21.6 Å². The molecule has 0 unspecified atom stereocenters. The highest BCUT2D eigenvalue weighted by molar-refractivity contribution is 5.89. The number of rotatable bonds is 4. The Kier molecular flexibility index (Phi) is 3.43. The molecule has 1 N–H and O–H groups in total. The van der Waals surface area contributed by atoms with Crippen molar-refractivity contribution in [2.45, 2.75) is 6.54 Å². The first-order valence-electron chi connectivity index (χ1n) is 5.45. The minimum absolute atomic E-state index is 0.142. The summed E-state index contributed by atoms with van der Waals surface area (Å²) in [4.78, 5) is 20.8. The molecule has 1 aromatic carbocycles. The van der Waals surface area contributed by atoms with Crippen molar-refractivity contribution in [1.29, 1.82) is 5.26 Å². The van der Waals surface area contributed by atoms with E-state index in [4.69, 9.17) is 10.4 Å². The number of carboxylic acid groups (broad SMARTS) is 1. The lowest BCUT2D eigenvalue weighted by Gasteiger charge is -2.01. The van der Waals surface area contributed by atoms with Crippen LogP contribution in [0.15, 0.2) is 30.5 Å². The Balaban J connectivity index is 2.34. The predicted molar refractivity (Wildman–Crippen MR) is 66.1 cm³/mol. The van der Waals surface area contributed by atoms with Gasteiger partial charge in [-0.05, 0) is 17.7 Å². The molecule has 0 spiro atoms. The number of hydrogen-bond donors (Lipinski definition) is 1. The predicted octanol–water partition coefficient (Wildman–Crippen LogP) is 1.41. The van der Waals surface area contributed by atoms with Gasteiger partial charge in [0.25, 0.3) is 0 Å². The molecule has 1 aromatic heterocycles. The number of nitriles is 1. The second-order valence-electron chi connectivity index (χ2n) is 3.93. The molecule has 0 radical (unpaired) electrons. The summed E-state index contributed by atoms with van der Waals surface area (Å²) in [6, 6.07) is 8.59. The standard InChI is InChI=1S/C12H8N4O4/c13-5-8-2-1-3-9(4-8)6-15-7-10(16(19)20)11(14-15)12(17)18/h1-4,7H,6H2,(H,17,18). The molecular formula is C12H8N4O4. The van der Waals surface area contributed by atoms with E-state index >= 15 is 0 Å². The van der Waals surface area contributed by atoms with E-state index in [0.717, 1.165) is 10.9 Å². The summed E-state index contributed by atoms with van der Waals surface area (Å²) in [7, 11) is 0. The van der Waals surface area contributed by atoms with Crippen molar-refractivity contribution in [3.8, 4) is 6.07 Å². The van der Waals surface area contributed by atoms with Gasteiger partial charge >= 0.3 is 11.7 Å². The van der Waals surface area contributed by atoms with Crippen molar-refractivity contribution >= 4 is 11.7 Å². The number of hydrogen-bond acceptors (Lipinski definition) is 5. The molecule has 0 aliphatic carbocycles. The largest absolute Gasteiger partial charge is 0.476 e. The Hall–Kier alpha value is -3.21. The third kappa shape index (κ3) is 2.62. The topological polar surface area (TPSA) is 122 Å². The van der Waals surface area contributed by atoms with Crippen LogP contribution in [0.3, 0.4) is 0 Å². The number of nitrogens with zero attached hydrogens (tertiary/aromatic N) is 4. The molecule has 8 heteroatoms. The van der Waals surface area contributed by atoms with E-state index in [0.29, 0.717) is 11.1 Å². The third-order valence-electron chi connectivity index (χ3n) is 2.54. The summed E-state index contributed by atoms with van der Waals surface area (Å²) in [6.45, 7) is 0.142. The fraction of sp³-hybridized carbons (Fsp3) is 0.0833. The SMILES string of the molecule is N#Cc1cccc(Cn2cc([N+](=O)[O-])c(C(=O)O)n2)c1. The molecule has 1 heterocycles. The van der Waals surface area contributed by atoms with Crippen LogP contribution < -0.4 is 0 Å². The zero-order valence-corrected chi connectivity index (χ0v) is 10.1. The highest BCUT2D eigenvalue weighted by atomic mass is 16.6. The zero-order chi connectivity index (χ0) is 14.7. The van der Waals surface area contributed by atoms with Gasteiger partial charge in [-0.2, -0.15) is 10.4 Å². The van der Waals surface area contributed by atoms with Gasteiger partial charge in [-0.3, -0.25) is 14.8 Å². The lowest BCUT2D eigenvalue weighted by atomic mass is 10.1. The lowest BCUT2D eigenvalue weighted by molar-refractivity contribution is -0.385. The summed E-state index contributed by atoms with van der Waals surface area (Å²) in [5, 5.41) is 32.0. The normalized spacial score (nSPS) is 9.95. The summed E-state index contributed by atoms with van der Waals surface area (Å²) >= 11 is 0. The number of aromatic nitrogens is 2. The van der Waals surface area contributed by atoms with Crippen LogP contribution in [0.25, 0.3) is 0 Å². The van der Waals surface area contributed by atoms with Crippen LogP contribution in [-0.4, -0.2) is 25.8 Å². The first-order chi connectivity index (χ1) is 9.51. The molecule has 2 rings (SSSR count). The molecule has 0 saturated heterocycles. The molecule has 2 aromatic rings. The smallest absolute Gasteiger partial charge is 0.363 e. The first kappa shape index (κ1) is 13.2. The molecule has 0 atom stereocenters. The van der Waals surface area contributed by atoms with Crippen LogP contribution >= 0.6 is 0 Å². The minimum Gasteiger partial charge on any atom is -0.476 e. The number of carboxylic acids is 1. The van der Waals surface area contributed by atoms with E-state index in [1.165, 1.54) is 0 Å². The molecule has 0 fully saturated rings. The van der Waals surface area contributed by atoms with Gasteiger partial charge in [0.1, 0.15) is 6.20 Å². The molecule has 100 valence electrons. The van der Waals surface area contributed by atoms with Crippen molar-refractivity contribution in [3.05, 3.63) is 57.4 Å². The van der Waals surface area contributed by atoms with Gasteiger partial charge in [0.05, 0.1) is 23.1 Å². The summed E-state index contributed by atoms with van der Waals surface area (Å²) in [6.07, 6.45) is 1.06. The quantitative estimate of drug-likeness (QED) is 0.663. The molecule has 0 saturated carbocycles. The second-order valence-corrected chi connectivity index (χ2v) is 3.93. The van der Waals surface area contributed by atoms with Gasteiger partial charge in [0.15, 0.2) is 0 Å². The van der Waals surface area contributed by atoms with E-state index < -0.39 is 22.3 Å². The van der Waals surface area contributed by atoms with Crippen molar-refractivity contribution in [2.75, 3.05) is 0 Å². The van der Waals surface area contributed by atoms with Crippen molar-refractivity contribution in [3.63, 3.8) is 0 Å². The van der Waals surface area contributed by atoms with E-state index in [2.05, 4.69) is 5.10 Å². The van der Waals surface area contributed by atoms with Crippen LogP contribution in [0, 0.1) is 21.4 Å². The summed E-state index contributed by atoms with van der Waals surface area (Å²) < 4.78 is 1.16. The highest BCUT2D eigenvalue weighted by Crippen LogP contribution is 2.17. The lowest BCUT2D eigenvalue weighted by Crippen LogP contribution is -2.04. The fourth-order valence-corrected chi connectivity index (χ4v) is 1.70. The monoisotopic (exact) mass is 272 g/mol. The average molecular weight is 272 g/mol.